The molecule has 0 radical (unpaired) electrons. The number of hydrazone groups is 1. The molecule has 0 amide bonds. The highest BCUT2D eigenvalue weighted by Gasteiger charge is 2.28. The first kappa shape index (κ1) is 7.92. The van der Waals surface area contributed by atoms with E-state index in [4.69, 9.17) is 0 Å². The van der Waals surface area contributed by atoms with Crippen LogP contribution in [0.2, 0.25) is 0 Å². The summed E-state index contributed by atoms with van der Waals surface area (Å²) in [5.41, 5.74) is 3.39. The van der Waals surface area contributed by atoms with Crippen LogP contribution in [0.1, 0.15) is 27.7 Å². The molecule has 1 N–H and O–H groups in total. The monoisotopic (exact) mass is 158 g/mol. The van der Waals surface area contributed by atoms with Gasteiger partial charge < -0.3 is 0 Å². The summed E-state index contributed by atoms with van der Waals surface area (Å²) in [5.74, 6) is 0. The van der Waals surface area contributed by atoms with Gasteiger partial charge in [0.25, 0.3) is 0 Å². The van der Waals surface area contributed by atoms with Crippen LogP contribution in [0.5, 0.6) is 0 Å². The average molecular weight is 158 g/mol. The zero-order valence-corrected chi connectivity index (χ0v) is 7.75. The number of nitrogens with one attached hydrogen (secondary N) is 1. The van der Waals surface area contributed by atoms with E-state index in [0.29, 0.717) is 10.8 Å². The van der Waals surface area contributed by atoms with Gasteiger partial charge in [-0.2, -0.15) is 5.10 Å². The molecule has 0 saturated heterocycles. The second kappa shape index (κ2) is 2.46. The normalized spacial score (nSPS) is 26.0. The van der Waals surface area contributed by atoms with Crippen LogP contribution in [0, 0.1) is 5.41 Å². The molecule has 0 aromatic rings. The number of hydrogen-bond acceptors (Lipinski definition) is 3. The van der Waals surface area contributed by atoms with Gasteiger partial charge in [-0.05, 0) is 12.3 Å². The Bertz CT molecular complexity index is 157. The van der Waals surface area contributed by atoms with E-state index < -0.39 is 0 Å². The third-order valence-electron chi connectivity index (χ3n) is 1.41. The van der Waals surface area contributed by atoms with Crippen molar-refractivity contribution in [2.24, 2.45) is 10.5 Å². The molecule has 0 saturated carbocycles. The maximum atomic E-state index is 4.11. The Labute approximate surface area is 66.5 Å². The second-order valence-electron chi connectivity index (χ2n) is 3.62. The third kappa shape index (κ3) is 1.66. The number of hydrogen-bond donors (Lipinski definition) is 1. The smallest absolute Gasteiger partial charge is 0.0998 e. The standard InChI is InChI=1S/C7H14N2S/c1-5-8-9-6(10-5)7(2,3)4/h6,9H,1-4H3. The van der Waals surface area contributed by atoms with Gasteiger partial charge in [0, 0.05) is 0 Å². The quantitative estimate of drug-likeness (QED) is 0.583. The van der Waals surface area contributed by atoms with Crippen LogP contribution in [0.3, 0.4) is 0 Å². The van der Waals surface area contributed by atoms with Crippen molar-refractivity contribution in [2.45, 2.75) is 33.1 Å². The first-order valence-electron chi connectivity index (χ1n) is 3.46. The van der Waals surface area contributed by atoms with Crippen molar-refractivity contribution in [1.29, 1.82) is 0 Å². The van der Waals surface area contributed by atoms with Crippen LogP contribution < -0.4 is 5.43 Å². The van der Waals surface area contributed by atoms with Gasteiger partial charge in [0.15, 0.2) is 0 Å². The Kier molecular flexibility index (Phi) is 1.95. The maximum absolute atomic E-state index is 4.11. The van der Waals surface area contributed by atoms with Crippen molar-refractivity contribution in [2.75, 3.05) is 0 Å². The molecule has 0 fully saturated rings. The number of nitrogens with zero attached hydrogens (tertiary/aromatic N) is 1. The molecule has 1 aliphatic rings. The summed E-state index contributed by atoms with van der Waals surface area (Å²) in [7, 11) is 0. The van der Waals surface area contributed by atoms with E-state index in [2.05, 4.69) is 31.3 Å². The highest BCUT2D eigenvalue weighted by atomic mass is 32.2. The average Bonchev–Trinajstić information content (AvgIpc) is 2.11. The van der Waals surface area contributed by atoms with Crippen LogP contribution in [0.4, 0.5) is 0 Å². The fraction of sp³-hybridized carbons (Fsp3) is 0.857. The lowest BCUT2D eigenvalue weighted by atomic mass is 9.97. The third-order valence-corrected chi connectivity index (χ3v) is 2.89. The minimum absolute atomic E-state index is 0.298. The molecule has 0 aliphatic carbocycles. The lowest BCUT2D eigenvalue weighted by molar-refractivity contribution is 0.360. The minimum atomic E-state index is 0.298. The fourth-order valence-electron chi connectivity index (χ4n) is 0.743. The zero-order chi connectivity index (χ0) is 7.78. The van der Waals surface area contributed by atoms with E-state index >= 15 is 0 Å². The number of thioether (sulfide) groups is 1. The van der Waals surface area contributed by atoms with Gasteiger partial charge in [0.2, 0.25) is 0 Å². The lowest BCUT2D eigenvalue weighted by Gasteiger charge is -2.24. The van der Waals surface area contributed by atoms with Gasteiger partial charge in [-0.15, -0.1) is 0 Å². The van der Waals surface area contributed by atoms with Gasteiger partial charge in [-0.3, -0.25) is 5.43 Å². The molecule has 0 aromatic heterocycles. The van der Waals surface area contributed by atoms with Gasteiger partial charge in [-0.1, -0.05) is 32.5 Å². The molecule has 1 rings (SSSR count). The highest BCUT2D eigenvalue weighted by Crippen LogP contribution is 2.31. The van der Waals surface area contributed by atoms with E-state index in [9.17, 15) is 0 Å². The van der Waals surface area contributed by atoms with Crippen molar-refractivity contribution < 1.29 is 0 Å². The Hall–Kier alpha value is -0.180. The SMILES string of the molecule is CC1=NNC(C(C)(C)C)S1. The molecule has 1 heterocycles. The van der Waals surface area contributed by atoms with Gasteiger partial charge in [0.1, 0.15) is 0 Å². The molecule has 1 atom stereocenters. The molecule has 10 heavy (non-hydrogen) atoms. The highest BCUT2D eigenvalue weighted by molar-refractivity contribution is 8.14. The summed E-state index contributed by atoms with van der Waals surface area (Å²) in [6, 6.07) is 0. The van der Waals surface area contributed by atoms with Crippen molar-refractivity contribution >= 4 is 16.8 Å². The van der Waals surface area contributed by atoms with Crippen LogP contribution in [0.15, 0.2) is 5.10 Å². The summed E-state index contributed by atoms with van der Waals surface area (Å²) in [4.78, 5) is 0. The Morgan fingerprint density at radius 3 is 2.30 bits per heavy atom. The van der Waals surface area contributed by atoms with E-state index in [0.717, 1.165) is 5.04 Å². The molecule has 58 valence electrons. The minimum Gasteiger partial charge on any atom is -0.295 e. The Morgan fingerprint density at radius 2 is 2.10 bits per heavy atom. The number of rotatable bonds is 0. The maximum Gasteiger partial charge on any atom is 0.0998 e. The van der Waals surface area contributed by atoms with Crippen molar-refractivity contribution in [1.82, 2.24) is 5.43 Å². The molecule has 3 heteroatoms. The first-order valence-corrected chi connectivity index (χ1v) is 4.34. The molecular formula is C7H14N2S. The van der Waals surface area contributed by atoms with Crippen LogP contribution in [-0.2, 0) is 0 Å². The summed E-state index contributed by atoms with van der Waals surface area (Å²) in [6.45, 7) is 8.67. The molecule has 0 aromatic carbocycles. The van der Waals surface area contributed by atoms with Crippen molar-refractivity contribution in [3.05, 3.63) is 0 Å². The molecule has 1 unspecified atom stereocenters. The van der Waals surface area contributed by atoms with E-state index in [1.165, 1.54) is 0 Å². The van der Waals surface area contributed by atoms with Crippen molar-refractivity contribution in [3.8, 4) is 0 Å². The Balaban J connectivity index is 2.50. The molecule has 0 spiro atoms. The predicted octanol–water partition coefficient (Wildman–Crippen LogP) is 2.03. The summed E-state index contributed by atoms with van der Waals surface area (Å²) >= 11 is 1.81. The second-order valence-corrected chi connectivity index (χ2v) is 4.92. The predicted molar refractivity (Wildman–Crippen MR) is 47.1 cm³/mol. The molecule has 2 nitrogen and oxygen atoms in total. The van der Waals surface area contributed by atoms with Crippen molar-refractivity contribution in [3.63, 3.8) is 0 Å². The summed E-state index contributed by atoms with van der Waals surface area (Å²) in [5, 5.41) is 5.70. The van der Waals surface area contributed by atoms with Gasteiger partial charge in [-0.25, -0.2) is 0 Å². The van der Waals surface area contributed by atoms with E-state index in [1.54, 1.807) is 0 Å². The van der Waals surface area contributed by atoms with E-state index in [1.807, 2.05) is 18.7 Å². The van der Waals surface area contributed by atoms with Crippen LogP contribution in [0.25, 0.3) is 0 Å². The van der Waals surface area contributed by atoms with Gasteiger partial charge in [0.05, 0.1) is 10.4 Å². The lowest BCUT2D eigenvalue weighted by Crippen LogP contribution is -2.31. The van der Waals surface area contributed by atoms with Gasteiger partial charge >= 0.3 is 0 Å². The topological polar surface area (TPSA) is 24.4 Å². The fourth-order valence-corrected chi connectivity index (χ4v) is 1.65. The largest absolute Gasteiger partial charge is 0.295 e. The zero-order valence-electron chi connectivity index (χ0n) is 6.93. The molecular weight excluding hydrogens is 144 g/mol. The van der Waals surface area contributed by atoms with E-state index in [-0.39, 0.29) is 0 Å². The Morgan fingerprint density at radius 1 is 1.50 bits per heavy atom. The molecule has 0 bridgehead atoms. The summed E-state index contributed by atoms with van der Waals surface area (Å²) < 4.78 is 0. The summed E-state index contributed by atoms with van der Waals surface area (Å²) in [6.07, 6.45) is 0. The molecule has 1 aliphatic heterocycles. The van der Waals surface area contributed by atoms with Crippen LogP contribution >= 0.6 is 11.8 Å². The first-order chi connectivity index (χ1) is 4.50. The van der Waals surface area contributed by atoms with Crippen LogP contribution in [-0.4, -0.2) is 10.4 Å².